The molecule has 1 N–H and O–H groups in total. The molecule has 0 aliphatic carbocycles. The third-order valence-corrected chi connectivity index (χ3v) is 5.01. The van der Waals surface area contributed by atoms with Crippen LogP contribution in [0.15, 0.2) is 54.1 Å². The highest BCUT2D eigenvalue weighted by molar-refractivity contribution is 7.15. The largest absolute Gasteiger partial charge is 0.497 e. The van der Waals surface area contributed by atoms with Crippen molar-refractivity contribution in [1.82, 2.24) is 10.2 Å². The number of methoxy groups -OCH3 is 1. The van der Waals surface area contributed by atoms with E-state index in [1.165, 1.54) is 6.08 Å². The van der Waals surface area contributed by atoms with Crippen molar-refractivity contribution in [2.75, 3.05) is 25.6 Å². The van der Waals surface area contributed by atoms with Crippen molar-refractivity contribution in [2.45, 2.75) is 6.18 Å². The quantitative estimate of drug-likeness (QED) is 0.266. The number of carbonyl (C=O) groups excluding carboxylic acids is 1. The monoisotopic (exact) mass is 490 g/mol. The van der Waals surface area contributed by atoms with Gasteiger partial charge in [0, 0.05) is 0 Å². The lowest BCUT2D eigenvalue weighted by Gasteiger charge is -2.09. The summed E-state index contributed by atoms with van der Waals surface area (Å²) in [6.07, 6.45) is -3.38. The van der Waals surface area contributed by atoms with E-state index in [0.29, 0.717) is 23.7 Å². The average Bonchev–Trinajstić information content (AvgIpc) is 3.30. The number of alkyl halides is 3. The van der Waals surface area contributed by atoms with Gasteiger partial charge in [0.15, 0.2) is 0 Å². The van der Waals surface area contributed by atoms with E-state index >= 15 is 0 Å². The number of nitriles is 1. The Balaban J connectivity index is 1.51. The Bertz CT molecular complexity index is 1190. The van der Waals surface area contributed by atoms with Gasteiger partial charge in [0.1, 0.15) is 42.1 Å². The molecule has 3 aromatic rings. The number of amides is 1. The molecule has 0 atom stereocenters. The Hall–Kier alpha value is -4.11. The molecule has 0 saturated heterocycles. The molecule has 3 rings (SSSR count). The van der Waals surface area contributed by atoms with Gasteiger partial charge >= 0.3 is 6.18 Å². The number of benzene rings is 2. The standard InChI is InChI=1S/C22H17F3N4O4S/c1-31-16-6-8-18(9-7-16)33-11-10-32-17-4-2-14(3-5-17)12-15(13-26)19(30)27-21-29-28-20(34-21)22(23,24)25/h2-9,12H,10-11H2,1H3,(H,27,29,30)/b15-12-. The summed E-state index contributed by atoms with van der Waals surface area (Å²) in [6, 6.07) is 15.4. The second-order valence-electron chi connectivity index (χ2n) is 6.48. The summed E-state index contributed by atoms with van der Waals surface area (Å²) in [5.74, 6) is 1.05. The van der Waals surface area contributed by atoms with Crippen LogP contribution in [-0.4, -0.2) is 36.4 Å². The highest BCUT2D eigenvalue weighted by atomic mass is 32.1. The lowest BCUT2D eigenvalue weighted by molar-refractivity contribution is -0.138. The molecule has 0 radical (unpaired) electrons. The van der Waals surface area contributed by atoms with E-state index in [1.54, 1.807) is 61.7 Å². The summed E-state index contributed by atoms with van der Waals surface area (Å²) < 4.78 is 54.0. The lowest BCUT2D eigenvalue weighted by Crippen LogP contribution is -2.13. The number of anilines is 1. The minimum Gasteiger partial charge on any atom is -0.497 e. The smallest absolute Gasteiger partial charge is 0.445 e. The van der Waals surface area contributed by atoms with Crippen LogP contribution in [0.1, 0.15) is 10.6 Å². The third kappa shape index (κ3) is 6.94. The number of hydrogen-bond donors (Lipinski definition) is 1. The number of ether oxygens (including phenoxy) is 3. The van der Waals surface area contributed by atoms with Gasteiger partial charge in [-0.1, -0.05) is 23.5 Å². The summed E-state index contributed by atoms with van der Waals surface area (Å²) in [6.45, 7) is 0.600. The third-order valence-electron chi connectivity index (χ3n) is 4.12. The molecule has 1 heterocycles. The number of hydrogen-bond acceptors (Lipinski definition) is 8. The maximum absolute atomic E-state index is 12.6. The molecule has 176 valence electrons. The first-order chi connectivity index (χ1) is 16.3. The molecular weight excluding hydrogens is 473 g/mol. The number of rotatable bonds is 9. The molecule has 2 aromatic carbocycles. The highest BCUT2D eigenvalue weighted by Gasteiger charge is 2.35. The van der Waals surface area contributed by atoms with Crippen LogP contribution in [-0.2, 0) is 11.0 Å². The lowest BCUT2D eigenvalue weighted by atomic mass is 10.1. The van der Waals surface area contributed by atoms with Gasteiger partial charge in [-0.25, -0.2) is 0 Å². The molecule has 0 saturated carbocycles. The van der Waals surface area contributed by atoms with Crippen LogP contribution < -0.4 is 19.5 Å². The van der Waals surface area contributed by atoms with Gasteiger partial charge in [-0.2, -0.15) is 18.4 Å². The van der Waals surface area contributed by atoms with Gasteiger partial charge in [0.2, 0.25) is 10.1 Å². The fourth-order valence-corrected chi connectivity index (χ4v) is 3.13. The fourth-order valence-electron chi connectivity index (χ4n) is 2.52. The summed E-state index contributed by atoms with van der Waals surface area (Å²) in [5, 5.41) is 16.1. The topological polar surface area (TPSA) is 106 Å². The molecule has 8 nitrogen and oxygen atoms in total. The molecule has 0 spiro atoms. The Morgan fingerprint density at radius 1 is 1.03 bits per heavy atom. The second kappa shape index (κ2) is 11.2. The summed E-state index contributed by atoms with van der Waals surface area (Å²) in [5.41, 5.74) is 0.201. The van der Waals surface area contributed by atoms with E-state index in [0.717, 1.165) is 5.75 Å². The van der Waals surface area contributed by atoms with Gasteiger partial charge in [-0.15, -0.1) is 10.2 Å². The summed E-state index contributed by atoms with van der Waals surface area (Å²) in [4.78, 5) is 12.2. The van der Waals surface area contributed by atoms with Crippen molar-refractivity contribution in [3.05, 3.63) is 64.7 Å². The fraction of sp³-hybridized carbons (Fsp3) is 0.182. The molecule has 0 aliphatic rings. The second-order valence-corrected chi connectivity index (χ2v) is 7.45. The molecule has 0 unspecified atom stereocenters. The molecule has 0 fully saturated rings. The molecule has 1 amide bonds. The first-order valence-corrected chi connectivity index (χ1v) is 10.4. The number of nitrogens with one attached hydrogen (secondary N) is 1. The van der Waals surface area contributed by atoms with Crippen molar-refractivity contribution in [2.24, 2.45) is 0 Å². The molecule has 1 aromatic heterocycles. The SMILES string of the molecule is COc1ccc(OCCOc2ccc(/C=C(/C#N)C(=O)Nc3nnc(C(F)(F)F)s3)cc2)cc1. The maximum atomic E-state index is 12.6. The number of carbonyl (C=O) groups is 1. The summed E-state index contributed by atoms with van der Waals surface area (Å²) in [7, 11) is 1.58. The molecular formula is C22H17F3N4O4S. The minimum atomic E-state index is -4.67. The zero-order valence-electron chi connectivity index (χ0n) is 17.6. The van der Waals surface area contributed by atoms with Crippen molar-refractivity contribution in [3.8, 4) is 23.3 Å². The van der Waals surface area contributed by atoms with Gasteiger partial charge in [0.05, 0.1) is 7.11 Å². The molecule has 0 aliphatic heterocycles. The molecule has 12 heteroatoms. The van der Waals surface area contributed by atoms with E-state index in [-0.39, 0.29) is 28.6 Å². The first-order valence-electron chi connectivity index (χ1n) is 9.62. The van der Waals surface area contributed by atoms with E-state index in [1.807, 2.05) is 0 Å². The zero-order chi connectivity index (χ0) is 24.6. The molecule has 0 bridgehead atoms. The van der Waals surface area contributed by atoms with Gasteiger partial charge < -0.3 is 14.2 Å². The van der Waals surface area contributed by atoms with Crippen LogP contribution in [0, 0.1) is 11.3 Å². The average molecular weight is 490 g/mol. The Labute approximate surface area is 196 Å². The van der Waals surface area contributed by atoms with E-state index in [9.17, 15) is 23.2 Å². The predicted molar refractivity (Wildman–Crippen MR) is 118 cm³/mol. The van der Waals surface area contributed by atoms with Crippen LogP contribution in [0.2, 0.25) is 0 Å². The van der Waals surface area contributed by atoms with Crippen LogP contribution in [0.4, 0.5) is 18.3 Å². The van der Waals surface area contributed by atoms with E-state index < -0.39 is 17.1 Å². The van der Waals surface area contributed by atoms with Crippen molar-refractivity contribution < 1.29 is 32.2 Å². The van der Waals surface area contributed by atoms with Gasteiger partial charge in [-0.3, -0.25) is 10.1 Å². The van der Waals surface area contributed by atoms with Gasteiger partial charge in [-0.05, 0) is 48.0 Å². The molecule has 34 heavy (non-hydrogen) atoms. The Morgan fingerprint density at radius 3 is 2.09 bits per heavy atom. The van der Waals surface area contributed by atoms with Crippen molar-refractivity contribution >= 4 is 28.5 Å². The Morgan fingerprint density at radius 2 is 1.59 bits per heavy atom. The number of nitrogens with zero attached hydrogens (tertiary/aromatic N) is 3. The van der Waals surface area contributed by atoms with Crippen molar-refractivity contribution in [3.63, 3.8) is 0 Å². The van der Waals surface area contributed by atoms with Gasteiger partial charge in [0.25, 0.3) is 5.91 Å². The van der Waals surface area contributed by atoms with Crippen LogP contribution in [0.3, 0.4) is 0 Å². The summed E-state index contributed by atoms with van der Waals surface area (Å²) >= 11 is 0.166. The van der Waals surface area contributed by atoms with Crippen molar-refractivity contribution in [1.29, 1.82) is 5.26 Å². The maximum Gasteiger partial charge on any atom is 0.445 e. The van der Waals surface area contributed by atoms with Crippen LogP contribution in [0.25, 0.3) is 6.08 Å². The van der Waals surface area contributed by atoms with Crippen LogP contribution in [0.5, 0.6) is 17.2 Å². The van der Waals surface area contributed by atoms with E-state index in [4.69, 9.17) is 14.2 Å². The van der Waals surface area contributed by atoms with Crippen LogP contribution >= 0.6 is 11.3 Å². The van der Waals surface area contributed by atoms with E-state index in [2.05, 4.69) is 15.5 Å². The predicted octanol–water partition coefficient (Wildman–Crippen LogP) is 4.57. The normalized spacial score (nSPS) is 11.4. The number of halogens is 3. The number of aromatic nitrogens is 2. The highest BCUT2D eigenvalue weighted by Crippen LogP contribution is 2.33. The first kappa shape index (κ1) is 24.5. The minimum absolute atomic E-state index is 0.166. The Kier molecular flexibility index (Phi) is 8.05. The zero-order valence-corrected chi connectivity index (χ0v) is 18.4.